The number of rotatable bonds is 8. The molecule has 1 amide bonds. The van der Waals surface area contributed by atoms with Gasteiger partial charge in [-0.3, -0.25) is 4.79 Å². The second-order valence-corrected chi connectivity index (χ2v) is 5.98. The molecule has 0 bridgehead atoms. The molecule has 2 heterocycles. The van der Waals surface area contributed by atoms with Gasteiger partial charge in [0.05, 0.1) is 18.4 Å². The van der Waals surface area contributed by atoms with Crippen LogP contribution in [0.3, 0.4) is 0 Å². The van der Waals surface area contributed by atoms with Gasteiger partial charge in [-0.2, -0.15) is 0 Å². The van der Waals surface area contributed by atoms with Crippen molar-refractivity contribution >= 4 is 5.91 Å². The topological polar surface area (TPSA) is 82.2 Å². The van der Waals surface area contributed by atoms with Gasteiger partial charge in [0, 0.05) is 6.54 Å². The van der Waals surface area contributed by atoms with Crippen LogP contribution < -0.4 is 10.1 Å². The maximum absolute atomic E-state index is 12.5. The van der Waals surface area contributed by atoms with Gasteiger partial charge < -0.3 is 19.0 Å². The van der Waals surface area contributed by atoms with E-state index in [9.17, 15) is 4.79 Å². The molecule has 0 aliphatic heterocycles. The number of nitrogens with one attached hydrogen (secondary N) is 1. The summed E-state index contributed by atoms with van der Waals surface area (Å²) >= 11 is 0. The quantitative estimate of drug-likeness (QED) is 0.672. The zero-order valence-corrected chi connectivity index (χ0v) is 14.9. The largest absolute Gasteiger partial charge is 0.486 e. The summed E-state index contributed by atoms with van der Waals surface area (Å²) in [5, 5.41) is 10.8. The van der Waals surface area contributed by atoms with Crippen LogP contribution in [-0.2, 0) is 19.7 Å². The van der Waals surface area contributed by atoms with Crippen molar-refractivity contribution in [3.8, 4) is 5.75 Å². The second kappa shape index (κ2) is 8.33. The predicted octanol–water partition coefficient (Wildman–Crippen LogP) is 3.10. The first-order valence-electron chi connectivity index (χ1n) is 8.58. The number of furan rings is 1. The SMILES string of the molecule is CCCn1cnnc1CNC(=O)c1ccoc1COc1ccc(C)cc1. The van der Waals surface area contributed by atoms with Crippen LogP contribution in [0.25, 0.3) is 0 Å². The molecule has 3 aromatic rings. The lowest BCUT2D eigenvalue weighted by molar-refractivity contribution is 0.0945. The first-order valence-corrected chi connectivity index (χ1v) is 8.58. The van der Waals surface area contributed by atoms with Crippen LogP contribution in [0, 0.1) is 6.92 Å². The van der Waals surface area contributed by atoms with Crippen LogP contribution in [0.2, 0.25) is 0 Å². The number of amides is 1. The Morgan fingerprint density at radius 2 is 2.08 bits per heavy atom. The average molecular weight is 354 g/mol. The average Bonchev–Trinajstić information content (AvgIpc) is 3.29. The van der Waals surface area contributed by atoms with E-state index in [1.54, 1.807) is 12.4 Å². The standard InChI is InChI=1S/C19H22N4O3/c1-3-9-23-13-21-22-18(23)11-20-19(24)16-8-10-25-17(16)12-26-15-6-4-14(2)5-7-15/h4-8,10,13H,3,9,11-12H2,1-2H3,(H,20,24). The van der Waals surface area contributed by atoms with Gasteiger partial charge in [0.15, 0.2) is 11.6 Å². The van der Waals surface area contributed by atoms with Crippen molar-refractivity contribution in [1.82, 2.24) is 20.1 Å². The van der Waals surface area contributed by atoms with E-state index in [0.29, 0.717) is 17.9 Å². The van der Waals surface area contributed by atoms with Crippen molar-refractivity contribution < 1.29 is 13.9 Å². The molecule has 7 heteroatoms. The Kier molecular flexibility index (Phi) is 5.68. The third kappa shape index (κ3) is 4.30. The van der Waals surface area contributed by atoms with Crippen molar-refractivity contribution in [2.75, 3.05) is 0 Å². The molecule has 0 radical (unpaired) electrons. The van der Waals surface area contributed by atoms with Gasteiger partial charge >= 0.3 is 0 Å². The van der Waals surface area contributed by atoms with Gasteiger partial charge in [0.1, 0.15) is 18.7 Å². The smallest absolute Gasteiger partial charge is 0.255 e. The zero-order chi connectivity index (χ0) is 18.4. The maximum atomic E-state index is 12.5. The fraction of sp³-hybridized carbons (Fsp3) is 0.316. The predicted molar refractivity (Wildman–Crippen MR) is 95.7 cm³/mol. The van der Waals surface area contributed by atoms with Gasteiger partial charge in [-0.15, -0.1) is 10.2 Å². The lowest BCUT2D eigenvalue weighted by Gasteiger charge is -2.08. The summed E-state index contributed by atoms with van der Waals surface area (Å²) < 4.78 is 13.0. The van der Waals surface area contributed by atoms with Crippen LogP contribution in [0.1, 0.15) is 40.9 Å². The summed E-state index contributed by atoms with van der Waals surface area (Å²) in [6.07, 6.45) is 4.13. The molecule has 2 aromatic heterocycles. The van der Waals surface area contributed by atoms with Crippen LogP contribution in [0.5, 0.6) is 5.75 Å². The number of ether oxygens (including phenoxy) is 1. The number of nitrogens with zero attached hydrogens (tertiary/aromatic N) is 3. The Morgan fingerprint density at radius 1 is 1.27 bits per heavy atom. The highest BCUT2D eigenvalue weighted by Crippen LogP contribution is 2.17. The van der Waals surface area contributed by atoms with Crippen LogP contribution >= 0.6 is 0 Å². The lowest BCUT2D eigenvalue weighted by atomic mass is 10.2. The number of benzene rings is 1. The van der Waals surface area contributed by atoms with Crippen molar-refractivity contribution in [2.24, 2.45) is 0 Å². The van der Waals surface area contributed by atoms with E-state index < -0.39 is 0 Å². The first-order chi connectivity index (χ1) is 12.7. The van der Waals surface area contributed by atoms with E-state index in [1.807, 2.05) is 35.8 Å². The van der Waals surface area contributed by atoms with E-state index in [0.717, 1.165) is 30.1 Å². The molecule has 26 heavy (non-hydrogen) atoms. The van der Waals surface area contributed by atoms with Gasteiger partial charge in [-0.05, 0) is 31.5 Å². The minimum Gasteiger partial charge on any atom is -0.486 e. The lowest BCUT2D eigenvalue weighted by Crippen LogP contribution is -2.25. The molecule has 0 saturated carbocycles. The molecule has 1 aromatic carbocycles. The van der Waals surface area contributed by atoms with E-state index in [4.69, 9.17) is 9.15 Å². The molecular formula is C19H22N4O3. The first kappa shape index (κ1) is 17.7. The number of carbonyl (C=O) groups excluding carboxylic acids is 1. The zero-order valence-electron chi connectivity index (χ0n) is 14.9. The van der Waals surface area contributed by atoms with Gasteiger partial charge in [0.25, 0.3) is 5.91 Å². The van der Waals surface area contributed by atoms with Crippen molar-refractivity contribution in [3.63, 3.8) is 0 Å². The normalized spacial score (nSPS) is 10.7. The molecule has 0 saturated heterocycles. The Bertz CT molecular complexity index is 852. The fourth-order valence-electron chi connectivity index (χ4n) is 2.54. The third-order valence-corrected chi connectivity index (χ3v) is 3.95. The number of hydrogen-bond acceptors (Lipinski definition) is 5. The van der Waals surface area contributed by atoms with Gasteiger partial charge in [-0.25, -0.2) is 0 Å². The van der Waals surface area contributed by atoms with Crippen molar-refractivity contribution in [3.05, 3.63) is 65.6 Å². The molecule has 0 fully saturated rings. The monoisotopic (exact) mass is 354 g/mol. The highest BCUT2D eigenvalue weighted by Gasteiger charge is 2.16. The van der Waals surface area contributed by atoms with E-state index >= 15 is 0 Å². The molecule has 1 N–H and O–H groups in total. The van der Waals surface area contributed by atoms with Crippen LogP contribution in [0.15, 0.2) is 47.3 Å². The Morgan fingerprint density at radius 3 is 2.85 bits per heavy atom. The molecular weight excluding hydrogens is 332 g/mol. The van der Waals surface area contributed by atoms with E-state index in [2.05, 4.69) is 22.4 Å². The molecule has 0 aliphatic carbocycles. The highest BCUT2D eigenvalue weighted by atomic mass is 16.5. The third-order valence-electron chi connectivity index (χ3n) is 3.95. The Labute approximate surface area is 152 Å². The van der Waals surface area contributed by atoms with Gasteiger partial charge in [-0.1, -0.05) is 24.6 Å². The summed E-state index contributed by atoms with van der Waals surface area (Å²) in [6, 6.07) is 9.35. The summed E-state index contributed by atoms with van der Waals surface area (Å²) in [5.41, 5.74) is 1.62. The molecule has 3 rings (SSSR count). The van der Waals surface area contributed by atoms with Crippen molar-refractivity contribution in [1.29, 1.82) is 0 Å². The Hall–Kier alpha value is -3.09. The number of aromatic nitrogens is 3. The summed E-state index contributed by atoms with van der Waals surface area (Å²) in [6.45, 7) is 5.40. The van der Waals surface area contributed by atoms with Crippen LogP contribution in [-0.4, -0.2) is 20.7 Å². The molecule has 136 valence electrons. The maximum Gasteiger partial charge on any atom is 0.255 e. The minimum absolute atomic E-state index is 0.185. The summed E-state index contributed by atoms with van der Waals surface area (Å²) in [4.78, 5) is 12.5. The highest BCUT2D eigenvalue weighted by molar-refractivity contribution is 5.95. The van der Waals surface area contributed by atoms with Gasteiger partial charge in [0.2, 0.25) is 0 Å². The minimum atomic E-state index is -0.229. The van der Waals surface area contributed by atoms with E-state index in [-0.39, 0.29) is 12.5 Å². The van der Waals surface area contributed by atoms with Crippen LogP contribution in [0.4, 0.5) is 0 Å². The number of carbonyl (C=O) groups is 1. The van der Waals surface area contributed by atoms with Crippen molar-refractivity contribution in [2.45, 2.75) is 40.0 Å². The molecule has 7 nitrogen and oxygen atoms in total. The summed E-state index contributed by atoms with van der Waals surface area (Å²) in [7, 11) is 0. The number of aryl methyl sites for hydroxylation is 2. The fourth-order valence-corrected chi connectivity index (χ4v) is 2.54. The summed E-state index contributed by atoms with van der Waals surface area (Å²) in [5.74, 6) is 1.71. The molecule has 0 spiro atoms. The molecule has 0 unspecified atom stereocenters. The second-order valence-electron chi connectivity index (χ2n) is 5.98. The van der Waals surface area contributed by atoms with E-state index in [1.165, 1.54) is 6.26 Å². The molecule has 0 atom stereocenters. The Balaban J connectivity index is 1.59. The number of hydrogen-bond donors (Lipinski definition) is 1. The molecule has 0 aliphatic rings.